The van der Waals surface area contributed by atoms with E-state index in [2.05, 4.69) is 15.6 Å². The van der Waals surface area contributed by atoms with Gasteiger partial charge in [-0.1, -0.05) is 78.7 Å². The van der Waals surface area contributed by atoms with E-state index >= 15 is 0 Å². The van der Waals surface area contributed by atoms with E-state index in [0.29, 0.717) is 31.6 Å². The number of nitrogens with one attached hydrogen (secondary N) is 2. The average Bonchev–Trinajstić information content (AvgIpc) is 3.71. The molecule has 15 nitrogen and oxygen atoms in total. The Balaban J connectivity index is 2.20. The Hall–Kier alpha value is -3.12. The number of aliphatic hydroxyl groups is 1. The van der Waals surface area contributed by atoms with Crippen molar-refractivity contribution in [2.75, 3.05) is 47.2 Å². The number of nitrogens with zero attached hydrogens (tertiary/aromatic N) is 4. The number of amides is 5. The Morgan fingerprint density at radius 1 is 0.933 bits per heavy atom. The van der Waals surface area contributed by atoms with Crippen molar-refractivity contribution in [1.29, 1.82) is 0 Å². The number of hydrogen-bond donors (Lipinski definition) is 3. The van der Waals surface area contributed by atoms with Gasteiger partial charge in [-0.15, -0.1) is 0 Å². The van der Waals surface area contributed by atoms with Crippen LogP contribution in [-0.2, 0) is 33.4 Å². The number of methoxy groups -OCH3 is 2. The maximum Gasteiger partial charge on any atom is 0.410 e. The average molecular weight is 883 g/mol. The summed E-state index contributed by atoms with van der Waals surface area (Å²) in [5, 5.41) is 16.9. The number of likely N-dealkylation sites (N-methyl/N-ethyl adjacent to an activating group) is 2. The van der Waals surface area contributed by atoms with E-state index in [0.717, 1.165) is 11.4 Å². The Morgan fingerprint density at radius 3 is 2.17 bits per heavy atom. The Kier molecular flexibility index (Phi) is 23.3. The molecule has 0 spiro atoms. The number of rotatable bonds is 25. The van der Waals surface area contributed by atoms with Crippen LogP contribution in [0.2, 0.25) is 0 Å². The summed E-state index contributed by atoms with van der Waals surface area (Å²) in [4.78, 5) is 78.0. The molecule has 0 radical (unpaired) electrons. The zero-order valence-corrected chi connectivity index (χ0v) is 39.8. The summed E-state index contributed by atoms with van der Waals surface area (Å²) < 4.78 is 17.4. The Labute approximate surface area is 366 Å². The maximum absolute atomic E-state index is 14.5. The molecule has 342 valence electrons. The summed E-state index contributed by atoms with van der Waals surface area (Å²) in [6, 6.07) is 2.48. The smallest absolute Gasteiger partial charge is 0.410 e. The zero-order chi connectivity index (χ0) is 45.3. The molecule has 1 saturated heterocycles. The predicted octanol–water partition coefficient (Wildman–Crippen LogP) is 5.25. The van der Waals surface area contributed by atoms with Crippen molar-refractivity contribution in [3.8, 4) is 0 Å². The first-order chi connectivity index (χ1) is 28.4. The van der Waals surface area contributed by atoms with Crippen molar-refractivity contribution in [1.82, 2.24) is 30.3 Å². The van der Waals surface area contributed by atoms with Crippen LogP contribution in [0, 0.1) is 23.7 Å². The van der Waals surface area contributed by atoms with Crippen molar-refractivity contribution in [3.63, 3.8) is 0 Å². The first-order valence-corrected chi connectivity index (χ1v) is 23.7. The number of ether oxygens (including phenoxy) is 3. The maximum atomic E-state index is 14.5. The highest BCUT2D eigenvalue weighted by atomic mass is 33.1. The third kappa shape index (κ3) is 15.1. The van der Waals surface area contributed by atoms with Crippen LogP contribution in [0.15, 0.2) is 29.4 Å². The lowest BCUT2D eigenvalue weighted by Crippen LogP contribution is -2.60. The molecule has 2 rings (SSSR count). The highest BCUT2D eigenvalue weighted by molar-refractivity contribution is 8.76. The summed E-state index contributed by atoms with van der Waals surface area (Å²) in [7, 11) is 9.27. The van der Waals surface area contributed by atoms with Crippen molar-refractivity contribution >= 4 is 51.3 Å². The number of hydrogen-bond acceptors (Lipinski definition) is 12. The summed E-state index contributed by atoms with van der Waals surface area (Å²) in [6.45, 7) is 17.4. The Morgan fingerprint density at radius 2 is 1.62 bits per heavy atom. The summed E-state index contributed by atoms with van der Waals surface area (Å²) in [6.07, 6.45) is 1.71. The van der Waals surface area contributed by atoms with Crippen LogP contribution in [0.1, 0.15) is 94.4 Å². The second-order valence-corrected chi connectivity index (χ2v) is 19.0. The lowest BCUT2D eigenvalue weighted by Gasteiger charge is -2.41. The first kappa shape index (κ1) is 53.0. The van der Waals surface area contributed by atoms with E-state index in [1.54, 1.807) is 44.0 Å². The van der Waals surface area contributed by atoms with E-state index < -0.39 is 60.4 Å². The molecule has 5 amide bonds. The standard InChI is InChI=1S/C43H74N6O9S2/c1-14-28(7)38(33(56-12)25-35(51)49-22-18-19-31(49)39(57-13)29(8)40(52)45-30(9)32(50)15-2)47(10)42(54)36(26(3)4)46-41(53)37(27(5)6)48(11)43(55)58-23-24-59-60-34-20-16-17-21-44-34/h16-17,20-21,26-33,36-39,50H,14-15,18-19,22-25H2,1-13H3,(H,45,52)(H,46,53)/t28-,29+,30+,31?,32-,33+,36-,37-,38-,39+/m0/s1. The number of aliphatic hydroxyl groups excluding tert-OH is 1. The molecule has 1 unspecified atom stereocenters. The van der Waals surface area contributed by atoms with Gasteiger partial charge in [-0.2, -0.15) is 0 Å². The normalized spacial score (nSPS) is 18.7. The number of carbonyl (C=O) groups excluding carboxylic acids is 5. The molecule has 0 aliphatic carbocycles. The van der Waals surface area contributed by atoms with Gasteiger partial charge in [0, 0.05) is 46.8 Å². The third-order valence-corrected chi connectivity index (χ3v) is 13.9. The monoisotopic (exact) mass is 882 g/mol. The fourth-order valence-electron chi connectivity index (χ4n) is 7.89. The Bertz CT molecular complexity index is 1490. The van der Waals surface area contributed by atoms with Crippen LogP contribution >= 0.6 is 21.6 Å². The summed E-state index contributed by atoms with van der Waals surface area (Å²) in [5.74, 6) is -2.01. The van der Waals surface area contributed by atoms with Gasteiger partial charge in [0.1, 0.15) is 23.7 Å². The highest BCUT2D eigenvalue weighted by Crippen LogP contribution is 2.31. The lowest BCUT2D eigenvalue weighted by molar-refractivity contribution is -0.148. The van der Waals surface area contributed by atoms with Gasteiger partial charge in [-0.25, -0.2) is 9.78 Å². The first-order valence-electron chi connectivity index (χ1n) is 21.4. The van der Waals surface area contributed by atoms with Crippen LogP contribution in [0.3, 0.4) is 0 Å². The quantitative estimate of drug-likeness (QED) is 0.0860. The van der Waals surface area contributed by atoms with Crippen molar-refractivity contribution in [2.45, 2.75) is 148 Å². The van der Waals surface area contributed by atoms with Gasteiger partial charge in [0.2, 0.25) is 23.6 Å². The molecule has 2 heterocycles. The molecular formula is C43H74N6O9S2. The highest BCUT2D eigenvalue weighted by Gasteiger charge is 2.43. The summed E-state index contributed by atoms with van der Waals surface area (Å²) in [5.41, 5.74) is 0. The molecule has 1 fully saturated rings. The third-order valence-electron chi connectivity index (χ3n) is 11.6. The van der Waals surface area contributed by atoms with Crippen LogP contribution < -0.4 is 10.6 Å². The molecule has 3 N–H and O–H groups in total. The number of carbonyl (C=O) groups is 5. The fraction of sp³-hybridized carbons (Fsp3) is 0.767. The van der Waals surface area contributed by atoms with E-state index in [-0.39, 0.29) is 54.5 Å². The van der Waals surface area contributed by atoms with Crippen LogP contribution in [0.4, 0.5) is 4.79 Å². The van der Waals surface area contributed by atoms with E-state index in [4.69, 9.17) is 14.2 Å². The van der Waals surface area contributed by atoms with Gasteiger partial charge < -0.3 is 39.8 Å². The minimum atomic E-state index is -0.938. The van der Waals surface area contributed by atoms with Crippen molar-refractivity contribution in [2.24, 2.45) is 23.7 Å². The van der Waals surface area contributed by atoms with E-state index in [1.807, 2.05) is 66.7 Å². The van der Waals surface area contributed by atoms with Crippen molar-refractivity contribution < 1.29 is 43.3 Å². The molecule has 1 aromatic heterocycles. The SMILES string of the molecule is CC[C@H](C)[C@@H]([C@@H](CC(=O)N1CCCC1[C@H](OC)[C@@H](C)C(=O)N[C@H](C)[C@@H](O)CC)OC)N(C)C(=O)[C@@H](NC(=O)[C@H](C(C)C)N(C)C(=O)OCCSSc1ccccn1)C(C)C. The number of pyridine rings is 1. The zero-order valence-electron chi connectivity index (χ0n) is 38.2. The lowest BCUT2D eigenvalue weighted by atomic mass is 9.89. The van der Waals surface area contributed by atoms with E-state index in [9.17, 15) is 29.1 Å². The molecule has 0 bridgehead atoms. The minimum Gasteiger partial charge on any atom is -0.448 e. The minimum absolute atomic E-state index is 0.0161. The largest absolute Gasteiger partial charge is 0.448 e. The molecule has 1 aliphatic rings. The number of likely N-dealkylation sites (tertiary alicyclic amines) is 1. The van der Waals surface area contributed by atoms with Gasteiger partial charge in [-0.05, 0) is 66.9 Å². The van der Waals surface area contributed by atoms with Crippen LogP contribution in [-0.4, -0.2) is 150 Å². The molecule has 1 aliphatic heterocycles. The van der Waals surface area contributed by atoms with Gasteiger partial charge in [-0.3, -0.25) is 24.1 Å². The van der Waals surface area contributed by atoms with Crippen molar-refractivity contribution in [3.05, 3.63) is 24.4 Å². The fourth-order valence-corrected chi connectivity index (χ4v) is 9.59. The molecule has 17 heteroatoms. The van der Waals surface area contributed by atoms with Crippen LogP contribution in [0.5, 0.6) is 0 Å². The van der Waals surface area contributed by atoms with Gasteiger partial charge >= 0.3 is 6.09 Å². The molecule has 1 aromatic rings. The molecule has 10 atom stereocenters. The molecule has 0 aromatic carbocycles. The molecule has 0 saturated carbocycles. The number of aromatic nitrogens is 1. The predicted molar refractivity (Wildman–Crippen MR) is 237 cm³/mol. The molecule has 60 heavy (non-hydrogen) atoms. The van der Waals surface area contributed by atoms with Gasteiger partial charge in [0.15, 0.2) is 0 Å². The van der Waals surface area contributed by atoms with E-state index in [1.165, 1.54) is 40.6 Å². The van der Waals surface area contributed by atoms with Gasteiger partial charge in [0.05, 0.1) is 48.8 Å². The topological polar surface area (TPSA) is 180 Å². The van der Waals surface area contributed by atoms with Gasteiger partial charge in [0.25, 0.3) is 0 Å². The summed E-state index contributed by atoms with van der Waals surface area (Å²) >= 11 is 0. The molecular weight excluding hydrogens is 809 g/mol. The second-order valence-electron chi connectivity index (χ2n) is 16.6. The second kappa shape index (κ2) is 26.4. The van der Waals surface area contributed by atoms with Crippen LogP contribution in [0.25, 0.3) is 0 Å².